The second-order valence-corrected chi connectivity index (χ2v) is 4.73. The van der Waals surface area contributed by atoms with Crippen LogP contribution < -0.4 is 5.32 Å². The number of fused-ring (bicyclic) bond motifs is 1. The zero-order valence-electron chi connectivity index (χ0n) is 10.6. The van der Waals surface area contributed by atoms with Crippen LogP contribution in [0.25, 0.3) is 11.0 Å². The summed E-state index contributed by atoms with van der Waals surface area (Å²) in [6.07, 6.45) is 2.00. The van der Waals surface area contributed by atoms with Crippen LogP contribution in [-0.4, -0.2) is 6.54 Å². The molecule has 0 aliphatic carbocycles. The van der Waals surface area contributed by atoms with Crippen LogP contribution in [0.2, 0.25) is 5.02 Å². The zero-order chi connectivity index (χ0) is 13.1. The molecule has 2 aromatic rings. The van der Waals surface area contributed by atoms with Crippen LogP contribution in [0.1, 0.15) is 38.5 Å². The van der Waals surface area contributed by atoms with Gasteiger partial charge in [0.05, 0.1) is 11.1 Å². The lowest BCUT2D eigenvalue weighted by atomic mass is 10.1. The monoisotopic (exact) mass is 269 g/mol. The van der Waals surface area contributed by atoms with Gasteiger partial charge in [-0.3, -0.25) is 0 Å². The summed E-state index contributed by atoms with van der Waals surface area (Å²) in [5.41, 5.74) is 0.247. The van der Waals surface area contributed by atoms with Gasteiger partial charge in [0, 0.05) is 5.39 Å². The summed E-state index contributed by atoms with van der Waals surface area (Å²) in [6.45, 7) is 5.01. The Hall–Kier alpha value is -1.06. The highest BCUT2D eigenvalue weighted by Gasteiger charge is 2.17. The number of nitrogens with one attached hydrogen (secondary N) is 1. The Labute approximate surface area is 111 Å². The summed E-state index contributed by atoms with van der Waals surface area (Å²) >= 11 is 5.75. The van der Waals surface area contributed by atoms with Crippen LogP contribution in [0.15, 0.2) is 22.6 Å². The molecule has 1 aromatic carbocycles. The minimum absolute atomic E-state index is 0.0962. The number of halogens is 2. The molecule has 0 saturated carbocycles. The van der Waals surface area contributed by atoms with Gasteiger partial charge < -0.3 is 9.73 Å². The highest BCUT2D eigenvalue weighted by atomic mass is 35.5. The number of furan rings is 1. The average Bonchev–Trinajstić information content (AvgIpc) is 2.78. The molecular weight excluding hydrogens is 253 g/mol. The van der Waals surface area contributed by atoms with Gasteiger partial charge in [-0.05, 0) is 31.2 Å². The maximum absolute atomic E-state index is 13.8. The summed E-state index contributed by atoms with van der Waals surface area (Å²) in [5.74, 6) is 0.294. The molecule has 0 amide bonds. The lowest BCUT2D eigenvalue weighted by Crippen LogP contribution is -2.20. The largest absolute Gasteiger partial charge is 0.456 e. The Balaban J connectivity index is 2.42. The molecule has 1 unspecified atom stereocenters. The molecule has 1 aromatic heterocycles. The molecular formula is C14H17ClFNO. The first-order valence-electron chi connectivity index (χ1n) is 6.28. The van der Waals surface area contributed by atoms with Crippen molar-refractivity contribution in [2.24, 2.45) is 0 Å². The minimum atomic E-state index is -0.479. The maximum atomic E-state index is 13.8. The predicted octanol–water partition coefficient (Wildman–Crippen LogP) is 4.68. The molecule has 0 fully saturated rings. The van der Waals surface area contributed by atoms with Gasteiger partial charge in [-0.1, -0.05) is 31.9 Å². The van der Waals surface area contributed by atoms with E-state index in [1.807, 2.05) is 13.0 Å². The van der Waals surface area contributed by atoms with Crippen molar-refractivity contribution in [3.8, 4) is 0 Å². The van der Waals surface area contributed by atoms with Gasteiger partial charge in [-0.15, -0.1) is 0 Å². The Bertz CT molecular complexity index is 532. The Morgan fingerprint density at radius 2 is 2.17 bits per heavy atom. The molecule has 2 rings (SSSR count). The summed E-state index contributed by atoms with van der Waals surface area (Å²) in [6, 6.07) is 5.35. The number of hydrogen-bond donors (Lipinski definition) is 1. The highest BCUT2D eigenvalue weighted by molar-refractivity contribution is 6.31. The number of rotatable bonds is 5. The molecule has 1 N–H and O–H groups in total. The van der Waals surface area contributed by atoms with E-state index in [0.717, 1.165) is 30.5 Å². The minimum Gasteiger partial charge on any atom is -0.456 e. The van der Waals surface area contributed by atoms with Crippen LogP contribution in [0.3, 0.4) is 0 Å². The molecule has 18 heavy (non-hydrogen) atoms. The van der Waals surface area contributed by atoms with E-state index in [4.69, 9.17) is 16.0 Å². The van der Waals surface area contributed by atoms with E-state index in [1.165, 1.54) is 0 Å². The van der Waals surface area contributed by atoms with Crippen molar-refractivity contribution in [3.63, 3.8) is 0 Å². The van der Waals surface area contributed by atoms with Crippen LogP contribution in [-0.2, 0) is 0 Å². The van der Waals surface area contributed by atoms with E-state index < -0.39 is 5.82 Å². The first-order chi connectivity index (χ1) is 8.67. The van der Waals surface area contributed by atoms with Crippen molar-refractivity contribution >= 4 is 22.6 Å². The van der Waals surface area contributed by atoms with Crippen LogP contribution >= 0.6 is 11.6 Å². The molecule has 0 radical (unpaired) electrons. The lowest BCUT2D eigenvalue weighted by Gasteiger charge is -2.13. The third kappa shape index (κ3) is 2.52. The molecule has 0 aliphatic heterocycles. The molecule has 4 heteroatoms. The summed E-state index contributed by atoms with van der Waals surface area (Å²) in [7, 11) is 0. The summed E-state index contributed by atoms with van der Waals surface area (Å²) in [4.78, 5) is 0. The fraction of sp³-hybridized carbons (Fsp3) is 0.429. The Morgan fingerprint density at radius 3 is 2.83 bits per heavy atom. The van der Waals surface area contributed by atoms with E-state index in [1.54, 1.807) is 12.1 Å². The Morgan fingerprint density at radius 1 is 1.39 bits per heavy atom. The topological polar surface area (TPSA) is 25.2 Å². The van der Waals surface area contributed by atoms with E-state index >= 15 is 0 Å². The molecule has 0 aliphatic rings. The van der Waals surface area contributed by atoms with Gasteiger partial charge in [0.15, 0.2) is 11.4 Å². The lowest BCUT2D eigenvalue weighted by molar-refractivity contribution is 0.409. The first-order valence-corrected chi connectivity index (χ1v) is 6.66. The average molecular weight is 270 g/mol. The molecule has 0 bridgehead atoms. The maximum Gasteiger partial charge on any atom is 0.184 e. The third-order valence-corrected chi connectivity index (χ3v) is 3.26. The number of benzene rings is 1. The van der Waals surface area contributed by atoms with E-state index in [-0.39, 0.29) is 16.6 Å². The van der Waals surface area contributed by atoms with E-state index in [9.17, 15) is 4.39 Å². The second-order valence-electron chi connectivity index (χ2n) is 4.33. The predicted molar refractivity (Wildman–Crippen MR) is 72.5 cm³/mol. The first kappa shape index (κ1) is 13.4. The van der Waals surface area contributed by atoms with Crippen molar-refractivity contribution < 1.29 is 8.81 Å². The van der Waals surface area contributed by atoms with Crippen LogP contribution in [0.5, 0.6) is 0 Å². The Kier molecular flexibility index (Phi) is 4.25. The summed E-state index contributed by atoms with van der Waals surface area (Å²) in [5, 5.41) is 4.20. The van der Waals surface area contributed by atoms with E-state index in [0.29, 0.717) is 0 Å². The smallest absolute Gasteiger partial charge is 0.184 e. The van der Waals surface area contributed by atoms with Crippen molar-refractivity contribution in [2.75, 3.05) is 6.54 Å². The highest BCUT2D eigenvalue weighted by Crippen LogP contribution is 2.31. The van der Waals surface area contributed by atoms with Crippen molar-refractivity contribution in [3.05, 3.63) is 34.8 Å². The number of hydrogen-bond acceptors (Lipinski definition) is 2. The molecule has 2 nitrogen and oxygen atoms in total. The van der Waals surface area contributed by atoms with Gasteiger partial charge in [-0.25, -0.2) is 4.39 Å². The van der Waals surface area contributed by atoms with Gasteiger partial charge >= 0.3 is 0 Å². The van der Waals surface area contributed by atoms with Crippen molar-refractivity contribution in [1.29, 1.82) is 0 Å². The molecule has 1 atom stereocenters. The molecule has 1 heterocycles. The van der Waals surface area contributed by atoms with Gasteiger partial charge in [0.25, 0.3) is 0 Å². The fourth-order valence-corrected chi connectivity index (χ4v) is 2.27. The van der Waals surface area contributed by atoms with Crippen molar-refractivity contribution in [1.82, 2.24) is 5.32 Å². The standard InChI is InChI=1S/C14H17ClFNO/c1-3-5-11(17-4-2)12-8-9-6-7-10(15)13(16)14(9)18-12/h6-8,11,17H,3-5H2,1-2H3. The second kappa shape index (κ2) is 5.72. The fourth-order valence-electron chi connectivity index (χ4n) is 2.12. The van der Waals surface area contributed by atoms with Gasteiger partial charge in [0.2, 0.25) is 0 Å². The van der Waals surface area contributed by atoms with Crippen molar-refractivity contribution in [2.45, 2.75) is 32.7 Å². The zero-order valence-corrected chi connectivity index (χ0v) is 11.4. The molecule has 0 spiro atoms. The van der Waals surface area contributed by atoms with Gasteiger partial charge in [0.1, 0.15) is 5.76 Å². The van der Waals surface area contributed by atoms with Crippen LogP contribution in [0.4, 0.5) is 4.39 Å². The molecule has 98 valence electrons. The molecule has 0 saturated heterocycles. The third-order valence-electron chi connectivity index (χ3n) is 2.97. The van der Waals surface area contributed by atoms with Gasteiger partial charge in [-0.2, -0.15) is 0 Å². The van der Waals surface area contributed by atoms with Crippen LogP contribution in [0, 0.1) is 5.82 Å². The summed E-state index contributed by atoms with van der Waals surface area (Å²) < 4.78 is 19.4. The SMILES string of the molecule is CCCC(NCC)c1cc2ccc(Cl)c(F)c2o1. The van der Waals surface area contributed by atoms with E-state index in [2.05, 4.69) is 12.2 Å². The normalized spacial score (nSPS) is 13.1. The quantitative estimate of drug-likeness (QED) is 0.853.